The van der Waals surface area contributed by atoms with E-state index in [0.717, 1.165) is 46.8 Å². The lowest BCUT2D eigenvalue weighted by Gasteiger charge is -2.16. The lowest BCUT2D eigenvalue weighted by Crippen LogP contribution is -2.12. The van der Waals surface area contributed by atoms with E-state index in [2.05, 4.69) is 5.48 Å². The van der Waals surface area contributed by atoms with Gasteiger partial charge >= 0.3 is 0 Å². The number of hydroxylamine groups is 1. The Balaban J connectivity index is 2.21. The monoisotopic (exact) mass is 265 g/mol. The SMILES string of the molecule is COc1c2c(c(CNO)c3c1OC(C)C3)OC(C)C2. The van der Waals surface area contributed by atoms with Crippen molar-refractivity contribution in [2.24, 2.45) is 0 Å². The van der Waals surface area contributed by atoms with E-state index in [4.69, 9.17) is 19.4 Å². The normalized spacial score (nSPS) is 23.6. The number of nitrogens with one attached hydrogen (secondary N) is 1. The molecule has 0 saturated carbocycles. The fourth-order valence-electron chi connectivity index (χ4n) is 3.04. The molecule has 2 aliphatic rings. The van der Waals surface area contributed by atoms with Crippen LogP contribution in [0.25, 0.3) is 0 Å². The number of methoxy groups -OCH3 is 1. The fraction of sp³-hybridized carbons (Fsp3) is 0.571. The summed E-state index contributed by atoms with van der Waals surface area (Å²) in [7, 11) is 1.66. The molecule has 0 spiro atoms. The zero-order chi connectivity index (χ0) is 13.6. The van der Waals surface area contributed by atoms with Crippen LogP contribution in [0.2, 0.25) is 0 Å². The third kappa shape index (κ3) is 1.84. The van der Waals surface area contributed by atoms with Gasteiger partial charge in [0.1, 0.15) is 18.0 Å². The van der Waals surface area contributed by atoms with Crippen molar-refractivity contribution in [1.82, 2.24) is 5.48 Å². The molecule has 5 nitrogen and oxygen atoms in total. The maximum atomic E-state index is 9.06. The highest BCUT2D eigenvalue weighted by Crippen LogP contribution is 2.50. The molecule has 0 amide bonds. The second-order valence-electron chi connectivity index (χ2n) is 5.23. The van der Waals surface area contributed by atoms with Gasteiger partial charge in [-0.2, -0.15) is 0 Å². The quantitative estimate of drug-likeness (QED) is 0.816. The summed E-state index contributed by atoms with van der Waals surface area (Å²) in [5, 5.41) is 9.06. The van der Waals surface area contributed by atoms with Crippen molar-refractivity contribution in [2.75, 3.05) is 7.11 Å². The Hall–Kier alpha value is -1.46. The van der Waals surface area contributed by atoms with E-state index < -0.39 is 0 Å². The van der Waals surface area contributed by atoms with E-state index in [-0.39, 0.29) is 12.2 Å². The molecule has 2 aliphatic heterocycles. The number of benzene rings is 1. The van der Waals surface area contributed by atoms with Crippen LogP contribution in [0.5, 0.6) is 17.2 Å². The van der Waals surface area contributed by atoms with Crippen molar-refractivity contribution < 1.29 is 19.4 Å². The second-order valence-corrected chi connectivity index (χ2v) is 5.23. The van der Waals surface area contributed by atoms with Gasteiger partial charge in [0.15, 0.2) is 11.5 Å². The van der Waals surface area contributed by atoms with E-state index in [1.807, 2.05) is 13.8 Å². The van der Waals surface area contributed by atoms with Gasteiger partial charge in [0.2, 0.25) is 0 Å². The summed E-state index contributed by atoms with van der Waals surface area (Å²) in [5.41, 5.74) is 5.35. The van der Waals surface area contributed by atoms with Crippen molar-refractivity contribution in [2.45, 2.75) is 45.4 Å². The summed E-state index contributed by atoms with van der Waals surface area (Å²) in [6, 6.07) is 0. The average Bonchev–Trinajstić information content (AvgIpc) is 2.92. The van der Waals surface area contributed by atoms with Gasteiger partial charge in [-0.3, -0.25) is 0 Å². The topological polar surface area (TPSA) is 60.0 Å². The van der Waals surface area contributed by atoms with Gasteiger partial charge in [-0.05, 0) is 13.8 Å². The standard InChI is InChI=1S/C14H19NO4/c1-7-4-9-11(6-15-16)12-10(5-8(2)18-12)13(17-3)14(9)19-7/h7-8,15-16H,4-6H2,1-3H3. The first kappa shape index (κ1) is 12.6. The first-order valence-electron chi connectivity index (χ1n) is 6.60. The van der Waals surface area contributed by atoms with Crippen LogP contribution in [-0.2, 0) is 19.4 Å². The highest BCUT2D eigenvalue weighted by atomic mass is 16.5. The highest BCUT2D eigenvalue weighted by molar-refractivity contribution is 5.66. The Bertz CT molecular complexity index is 476. The Morgan fingerprint density at radius 3 is 2.42 bits per heavy atom. The maximum absolute atomic E-state index is 9.06. The molecule has 0 radical (unpaired) electrons. The van der Waals surface area contributed by atoms with Crippen LogP contribution in [0.3, 0.4) is 0 Å². The zero-order valence-electron chi connectivity index (χ0n) is 11.4. The Labute approximate surface area is 112 Å². The molecule has 19 heavy (non-hydrogen) atoms. The minimum Gasteiger partial charge on any atom is -0.492 e. The molecule has 3 rings (SSSR count). The zero-order valence-corrected chi connectivity index (χ0v) is 11.4. The van der Waals surface area contributed by atoms with Crippen molar-refractivity contribution in [1.29, 1.82) is 0 Å². The van der Waals surface area contributed by atoms with Gasteiger partial charge in [0, 0.05) is 36.1 Å². The second kappa shape index (κ2) is 4.58. The Morgan fingerprint density at radius 1 is 1.16 bits per heavy atom. The van der Waals surface area contributed by atoms with E-state index in [0.29, 0.717) is 6.54 Å². The van der Waals surface area contributed by atoms with E-state index in [1.165, 1.54) is 0 Å². The summed E-state index contributed by atoms with van der Waals surface area (Å²) in [4.78, 5) is 0. The van der Waals surface area contributed by atoms with Crippen molar-refractivity contribution in [3.8, 4) is 17.2 Å². The van der Waals surface area contributed by atoms with Crippen LogP contribution < -0.4 is 19.7 Å². The number of hydrogen-bond acceptors (Lipinski definition) is 5. The van der Waals surface area contributed by atoms with Crippen LogP contribution in [0.4, 0.5) is 0 Å². The third-order valence-corrected chi connectivity index (χ3v) is 3.75. The maximum Gasteiger partial charge on any atom is 0.168 e. The summed E-state index contributed by atoms with van der Waals surface area (Å²) in [6.45, 7) is 4.42. The van der Waals surface area contributed by atoms with Crippen molar-refractivity contribution in [3.05, 3.63) is 16.7 Å². The van der Waals surface area contributed by atoms with E-state index in [1.54, 1.807) is 7.11 Å². The molecule has 2 unspecified atom stereocenters. The van der Waals surface area contributed by atoms with Gasteiger partial charge in [-0.15, -0.1) is 0 Å². The molecule has 104 valence electrons. The minimum absolute atomic E-state index is 0.126. The van der Waals surface area contributed by atoms with Gasteiger partial charge in [-0.25, -0.2) is 5.48 Å². The van der Waals surface area contributed by atoms with E-state index >= 15 is 0 Å². The number of ether oxygens (including phenoxy) is 3. The molecule has 0 aromatic heterocycles. The van der Waals surface area contributed by atoms with Gasteiger partial charge < -0.3 is 19.4 Å². The van der Waals surface area contributed by atoms with Crippen molar-refractivity contribution in [3.63, 3.8) is 0 Å². The molecular weight excluding hydrogens is 246 g/mol. The Morgan fingerprint density at radius 2 is 1.79 bits per heavy atom. The van der Waals surface area contributed by atoms with Gasteiger partial charge in [0.25, 0.3) is 0 Å². The average molecular weight is 265 g/mol. The number of rotatable bonds is 3. The number of hydrogen-bond donors (Lipinski definition) is 2. The molecule has 1 aromatic rings. The van der Waals surface area contributed by atoms with E-state index in [9.17, 15) is 0 Å². The lowest BCUT2D eigenvalue weighted by atomic mass is 9.97. The molecule has 0 aliphatic carbocycles. The molecular formula is C14H19NO4. The molecule has 2 atom stereocenters. The molecule has 5 heteroatoms. The molecule has 1 aromatic carbocycles. The smallest absolute Gasteiger partial charge is 0.168 e. The first-order valence-corrected chi connectivity index (χ1v) is 6.60. The predicted octanol–water partition coefficient (Wildman–Crippen LogP) is 1.82. The molecule has 2 N–H and O–H groups in total. The molecule has 0 fully saturated rings. The summed E-state index contributed by atoms with van der Waals surface area (Å²) >= 11 is 0. The van der Waals surface area contributed by atoms with Crippen LogP contribution in [0.1, 0.15) is 30.5 Å². The van der Waals surface area contributed by atoms with Crippen LogP contribution in [-0.4, -0.2) is 24.5 Å². The van der Waals surface area contributed by atoms with Crippen LogP contribution in [0, 0.1) is 0 Å². The molecule has 0 saturated heterocycles. The minimum atomic E-state index is 0.126. The third-order valence-electron chi connectivity index (χ3n) is 3.75. The van der Waals surface area contributed by atoms with Crippen LogP contribution in [0.15, 0.2) is 0 Å². The predicted molar refractivity (Wildman–Crippen MR) is 69.2 cm³/mol. The first-order chi connectivity index (χ1) is 9.15. The lowest BCUT2D eigenvalue weighted by molar-refractivity contribution is 0.158. The fourth-order valence-corrected chi connectivity index (χ4v) is 3.04. The van der Waals surface area contributed by atoms with Crippen LogP contribution >= 0.6 is 0 Å². The van der Waals surface area contributed by atoms with Gasteiger partial charge in [-0.1, -0.05) is 0 Å². The molecule has 0 bridgehead atoms. The highest BCUT2D eigenvalue weighted by Gasteiger charge is 2.36. The summed E-state index contributed by atoms with van der Waals surface area (Å²) in [6.07, 6.45) is 1.87. The summed E-state index contributed by atoms with van der Waals surface area (Å²) in [5.74, 6) is 2.46. The van der Waals surface area contributed by atoms with Gasteiger partial charge in [0.05, 0.1) is 7.11 Å². The number of fused-ring (bicyclic) bond motifs is 2. The Kier molecular flexibility index (Phi) is 3.03. The summed E-state index contributed by atoms with van der Waals surface area (Å²) < 4.78 is 17.3. The largest absolute Gasteiger partial charge is 0.492 e. The van der Waals surface area contributed by atoms with Crippen molar-refractivity contribution >= 4 is 0 Å². The molecule has 2 heterocycles.